The molecule has 0 atom stereocenters. The molecular formula is C16H12BrN3O. The van der Waals surface area contributed by atoms with Gasteiger partial charge in [0.2, 0.25) is 0 Å². The summed E-state index contributed by atoms with van der Waals surface area (Å²) in [6, 6.07) is 11.6. The molecule has 4 nitrogen and oxygen atoms in total. The van der Waals surface area contributed by atoms with Crippen LogP contribution in [0.2, 0.25) is 0 Å². The summed E-state index contributed by atoms with van der Waals surface area (Å²) in [7, 11) is 0. The molecule has 1 aromatic carbocycles. The number of hydrogen-bond donors (Lipinski definition) is 1. The predicted octanol–water partition coefficient (Wildman–Crippen LogP) is 3.32. The quantitative estimate of drug-likeness (QED) is 0.794. The molecule has 0 unspecified atom stereocenters. The van der Waals surface area contributed by atoms with Crippen LogP contribution in [-0.4, -0.2) is 15.9 Å². The molecule has 3 aromatic rings. The van der Waals surface area contributed by atoms with E-state index in [4.69, 9.17) is 0 Å². The van der Waals surface area contributed by atoms with E-state index in [0.717, 1.165) is 20.9 Å². The van der Waals surface area contributed by atoms with Crippen molar-refractivity contribution in [2.24, 2.45) is 0 Å². The van der Waals surface area contributed by atoms with Gasteiger partial charge in [0.25, 0.3) is 5.91 Å². The Labute approximate surface area is 130 Å². The Morgan fingerprint density at radius 2 is 2.05 bits per heavy atom. The minimum Gasteiger partial charge on any atom is -0.348 e. The summed E-state index contributed by atoms with van der Waals surface area (Å²) < 4.78 is 0.780. The molecule has 2 aromatic heterocycles. The van der Waals surface area contributed by atoms with Gasteiger partial charge in [-0.1, -0.05) is 24.3 Å². The molecule has 0 aliphatic heterocycles. The number of amides is 1. The van der Waals surface area contributed by atoms with Gasteiger partial charge in [-0.15, -0.1) is 0 Å². The lowest BCUT2D eigenvalue weighted by Crippen LogP contribution is -2.23. The normalized spacial score (nSPS) is 10.5. The number of hydrogen-bond acceptors (Lipinski definition) is 3. The van der Waals surface area contributed by atoms with Crippen LogP contribution < -0.4 is 5.32 Å². The average molecular weight is 342 g/mol. The van der Waals surface area contributed by atoms with Crippen LogP contribution in [-0.2, 0) is 6.54 Å². The molecule has 2 heterocycles. The number of benzene rings is 1. The molecule has 104 valence electrons. The maximum atomic E-state index is 12.1. The number of carbonyl (C=O) groups is 1. The standard InChI is InChI=1S/C16H12BrN3O/c17-14-7-13(8-18-10-14)16(21)20-9-12-4-1-3-11-5-2-6-19-15(11)12/h1-8,10H,9H2,(H,20,21). The molecule has 0 aliphatic carbocycles. The van der Waals surface area contributed by atoms with E-state index in [0.29, 0.717) is 12.1 Å². The van der Waals surface area contributed by atoms with E-state index in [-0.39, 0.29) is 5.91 Å². The first-order valence-corrected chi connectivity index (χ1v) is 7.25. The van der Waals surface area contributed by atoms with Crippen molar-refractivity contribution >= 4 is 32.7 Å². The maximum absolute atomic E-state index is 12.1. The first-order valence-electron chi connectivity index (χ1n) is 6.45. The summed E-state index contributed by atoms with van der Waals surface area (Å²) in [6.07, 6.45) is 4.94. The number of halogens is 1. The Kier molecular flexibility index (Phi) is 3.92. The first kappa shape index (κ1) is 13.7. The Bertz CT molecular complexity index is 799. The van der Waals surface area contributed by atoms with Gasteiger partial charge in [-0.2, -0.15) is 0 Å². The van der Waals surface area contributed by atoms with Gasteiger partial charge in [0.15, 0.2) is 0 Å². The van der Waals surface area contributed by atoms with Gasteiger partial charge in [-0.25, -0.2) is 0 Å². The number of nitrogens with zero attached hydrogens (tertiary/aromatic N) is 2. The lowest BCUT2D eigenvalue weighted by molar-refractivity contribution is 0.0950. The third-order valence-electron chi connectivity index (χ3n) is 3.12. The van der Waals surface area contributed by atoms with Crippen LogP contribution in [0, 0.1) is 0 Å². The fourth-order valence-corrected chi connectivity index (χ4v) is 2.49. The van der Waals surface area contributed by atoms with E-state index >= 15 is 0 Å². The molecule has 21 heavy (non-hydrogen) atoms. The highest BCUT2D eigenvalue weighted by atomic mass is 79.9. The molecular weight excluding hydrogens is 330 g/mol. The smallest absolute Gasteiger partial charge is 0.253 e. The summed E-state index contributed by atoms with van der Waals surface area (Å²) >= 11 is 3.31. The number of carbonyl (C=O) groups excluding carboxylic acids is 1. The van der Waals surface area contributed by atoms with Crippen molar-refractivity contribution in [3.63, 3.8) is 0 Å². The number of nitrogens with one attached hydrogen (secondary N) is 1. The van der Waals surface area contributed by atoms with Crippen LogP contribution in [0.5, 0.6) is 0 Å². The largest absolute Gasteiger partial charge is 0.348 e. The van der Waals surface area contributed by atoms with Gasteiger partial charge in [0.05, 0.1) is 11.1 Å². The van der Waals surface area contributed by atoms with Crippen LogP contribution >= 0.6 is 15.9 Å². The number of aromatic nitrogens is 2. The molecule has 0 fully saturated rings. The second kappa shape index (κ2) is 6.01. The summed E-state index contributed by atoms with van der Waals surface area (Å²) in [5.74, 6) is -0.156. The van der Waals surface area contributed by atoms with Crippen molar-refractivity contribution in [3.05, 3.63) is 70.6 Å². The molecule has 5 heteroatoms. The molecule has 0 spiro atoms. The van der Waals surface area contributed by atoms with E-state index in [9.17, 15) is 4.79 Å². The number of pyridine rings is 2. The third kappa shape index (κ3) is 3.08. The third-order valence-corrected chi connectivity index (χ3v) is 3.56. The van der Waals surface area contributed by atoms with Crippen LogP contribution in [0.1, 0.15) is 15.9 Å². The minimum atomic E-state index is -0.156. The lowest BCUT2D eigenvalue weighted by Gasteiger charge is -2.08. The van der Waals surface area contributed by atoms with Crippen molar-refractivity contribution in [2.45, 2.75) is 6.54 Å². The first-order chi connectivity index (χ1) is 10.2. The van der Waals surface area contributed by atoms with E-state index < -0.39 is 0 Å². The van der Waals surface area contributed by atoms with Crippen molar-refractivity contribution in [1.82, 2.24) is 15.3 Å². The Morgan fingerprint density at radius 1 is 1.19 bits per heavy atom. The molecule has 0 saturated carbocycles. The van der Waals surface area contributed by atoms with Gasteiger partial charge in [-0.05, 0) is 33.6 Å². The lowest BCUT2D eigenvalue weighted by atomic mass is 10.1. The van der Waals surface area contributed by atoms with E-state index in [1.54, 1.807) is 24.7 Å². The summed E-state index contributed by atoms with van der Waals surface area (Å²) in [5, 5.41) is 3.96. The highest BCUT2D eigenvalue weighted by molar-refractivity contribution is 9.10. The fourth-order valence-electron chi connectivity index (χ4n) is 2.12. The van der Waals surface area contributed by atoms with Gasteiger partial charge in [0, 0.05) is 35.0 Å². The van der Waals surface area contributed by atoms with Crippen molar-refractivity contribution < 1.29 is 4.79 Å². The van der Waals surface area contributed by atoms with Crippen molar-refractivity contribution in [1.29, 1.82) is 0 Å². The molecule has 0 radical (unpaired) electrons. The molecule has 1 N–H and O–H groups in total. The highest BCUT2D eigenvalue weighted by Gasteiger charge is 2.08. The number of para-hydroxylation sites is 1. The summed E-state index contributed by atoms with van der Waals surface area (Å²) in [5.41, 5.74) is 2.43. The molecule has 0 saturated heterocycles. The molecule has 1 amide bonds. The Morgan fingerprint density at radius 3 is 2.90 bits per heavy atom. The van der Waals surface area contributed by atoms with E-state index in [2.05, 4.69) is 31.2 Å². The van der Waals surface area contributed by atoms with Gasteiger partial charge < -0.3 is 5.32 Å². The molecule has 0 aliphatic rings. The minimum absolute atomic E-state index is 0.156. The van der Waals surface area contributed by atoms with Crippen LogP contribution in [0.3, 0.4) is 0 Å². The zero-order valence-corrected chi connectivity index (χ0v) is 12.7. The molecule has 3 rings (SSSR count). The maximum Gasteiger partial charge on any atom is 0.253 e. The second-order valence-electron chi connectivity index (χ2n) is 4.57. The number of rotatable bonds is 3. The van der Waals surface area contributed by atoms with Crippen LogP contribution in [0.15, 0.2) is 59.5 Å². The SMILES string of the molecule is O=C(NCc1cccc2cccnc12)c1cncc(Br)c1. The zero-order chi connectivity index (χ0) is 14.7. The summed E-state index contributed by atoms with van der Waals surface area (Å²) in [6.45, 7) is 0.430. The fraction of sp³-hybridized carbons (Fsp3) is 0.0625. The molecule has 0 bridgehead atoms. The highest BCUT2D eigenvalue weighted by Crippen LogP contribution is 2.16. The Hall–Kier alpha value is -2.27. The van der Waals surface area contributed by atoms with Gasteiger partial charge in [0.1, 0.15) is 0 Å². The topological polar surface area (TPSA) is 54.9 Å². The van der Waals surface area contributed by atoms with Crippen LogP contribution in [0.25, 0.3) is 10.9 Å². The van der Waals surface area contributed by atoms with Gasteiger partial charge in [-0.3, -0.25) is 14.8 Å². The van der Waals surface area contributed by atoms with Crippen molar-refractivity contribution in [3.8, 4) is 0 Å². The van der Waals surface area contributed by atoms with Crippen molar-refractivity contribution in [2.75, 3.05) is 0 Å². The Balaban J connectivity index is 1.79. The monoisotopic (exact) mass is 341 g/mol. The zero-order valence-electron chi connectivity index (χ0n) is 11.1. The predicted molar refractivity (Wildman–Crippen MR) is 84.9 cm³/mol. The van der Waals surface area contributed by atoms with Crippen LogP contribution in [0.4, 0.5) is 0 Å². The van der Waals surface area contributed by atoms with E-state index in [1.807, 2.05) is 30.3 Å². The summed E-state index contributed by atoms with van der Waals surface area (Å²) in [4.78, 5) is 20.5. The second-order valence-corrected chi connectivity index (χ2v) is 5.48. The van der Waals surface area contributed by atoms with E-state index in [1.165, 1.54) is 0 Å². The van der Waals surface area contributed by atoms with Gasteiger partial charge >= 0.3 is 0 Å². The number of fused-ring (bicyclic) bond motifs is 1. The average Bonchev–Trinajstić information content (AvgIpc) is 2.52.